The normalized spacial score (nSPS) is 11.6. The van der Waals surface area contributed by atoms with Gasteiger partial charge in [-0.3, -0.25) is 0 Å². The number of aromatic hydroxyl groups is 1. The number of rotatable bonds is 11. The Morgan fingerprint density at radius 1 is 1.10 bits per heavy atom. The van der Waals surface area contributed by atoms with Gasteiger partial charge in [0.2, 0.25) is 0 Å². The zero-order valence-corrected chi connectivity index (χ0v) is 18.7. The predicted octanol–water partition coefficient (Wildman–Crippen LogP) is 5.54. The molecule has 0 unspecified atom stereocenters. The first kappa shape index (κ1) is 22.2. The molecule has 0 aliphatic carbocycles. The Morgan fingerprint density at radius 3 is 2.60 bits per heavy atom. The van der Waals surface area contributed by atoms with Gasteiger partial charge in [-0.15, -0.1) is 10.2 Å². The van der Waals surface area contributed by atoms with E-state index in [1.165, 1.54) is 0 Å². The summed E-state index contributed by atoms with van der Waals surface area (Å²) in [6, 6.07) is 13.9. The van der Waals surface area contributed by atoms with Crippen LogP contribution in [-0.4, -0.2) is 32.3 Å². The van der Waals surface area contributed by atoms with Crippen molar-refractivity contribution in [3.63, 3.8) is 0 Å². The quantitative estimate of drug-likeness (QED) is 0.392. The van der Waals surface area contributed by atoms with Crippen LogP contribution < -0.4 is 4.74 Å². The maximum Gasteiger partial charge on any atom is 0.180 e. The number of tetrazole rings is 1. The zero-order chi connectivity index (χ0) is 21.4. The minimum atomic E-state index is -0.0821. The van der Waals surface area contributed by atoms with Crippen LogP contribution in [0.3, 0.4) is 0 Å². The second-order valence-corrected chi connectivity index (χ2v) is 9.09. The van der Waals surface area contributed by atoms with Crippen LogP contribution in [0.5, 0.6) is 11.5 Å². The van der Waals surface area contributed by atoms with Gasteiger partial charge in [0.05, 0.1) is 11.5 Å². The third-order valence-corrected chi connectivity index (χ3v) is 6.20. The summed E-state index contributed by atoms with van der Waals surface area (Å²) in [5, 5.41) is 24.9. The highest BCUT2D eigenvalue weighted by Gasteiger charge is 2.24. The van der Waals surface area contributed by atoms with Crippen molar-refractivity contribution in [2.45, 2.75) is 68.1 Å². The zero-order valence-electron chi connectivity index (χ0n) is 17.9. The SMILES string of the molecule is CCc1cc(Sc2ccccc2)c(O)cc1OCCCCCC(C)(C)c1nn[nH]n1. The van der Waals surface area contributed by atoms with Crippen LogP contribution >= 0.6 is 11.8 Å². The molecule has 3 aromatic rings. The molecule has 6 nitrogen and oxygen atoms in total. The average Bonchev–Trinajstić information content (AvgIpc) is 3.29. The molecule has 160 valence electrons. The third kappa shape index (κ3) is 5.98. The highest BCUT2D eigenvalue weighted by Crippen LogP contribution is 2.38. The van der Waals surface area contributed by atoms with Gasteiger partial charge in [-0.25, -0.2) is 0 Å². The predicted molar refractivity (Wildman–Crippen MR) is 119 cm³/mol. The number of phenols is 1. The van der Waals surface area contributed by atoms with Gasteiger partial charge in [-0.1, -0.05) is 68.8 Å². The molecule has 0 spiro atoms. The Labute approximate surface area is 182 Å². The van der Waals surface area contributed by atoms with Crippen molar-refractivity contribution in [3.05, 3.63) is 53.9 Å². The van der Waals surface area contributed by atoms with Gasteiger partial charge >= 0.3 is 0 Å². The number of nitrogens with zero attached hydrogens (tertiary/aromatic N) is 3. The monoisotopic (exact) mass is 426 g/mol. The fourth-order valence-corrected chi connectivity index (χ4v) is 4.20. The first-order chi connectivity index (χ1) is 14.5. The molecule has 0 saturated heterocycles. The number of nitrogens with one attached hydrogen (secondary N) is 1. The Hall–Kier alpha value is -2.54. The van der Waals surface area contributed by atoms with Gasteiger partial charge in [-0.2, -0.15) is 5.21 Å². The number of benzene rings is 2. The van der Waals surface area contributed by atoms with Crippen molar-refractivity contribution >= 4 is 11.8 Å². The topological polar surface area (TPSA) is 83.9 Å². The smallest absolute Gasteiger partial charge is 0.180 e. The summed E-state index contributed by atoms with van der Waals surface area (Å²) >= 11 is 1.57. The van der Waals surface area contributed by atoms with Crippen LogP contribution in [0.4, 0.5) is 0 Å². The molecule has 0 bridgehead atoms. The van der Waals surface area contributed by atoms with Gasteiger partial charge < -0.3 is 9.84 Å². The molecular weight excluding hydrogens is 396 g/mol. The van der Waals surface area contributed by atoms with Crippen molar-refractivity contribution in [2.75, 3.05) is 6.61 Å². The molecule has 2 N–H and O–H groups in total. The van der Waals surface area contributed by atoms with Crippen molar-refractivity contribution in [1.29, 1.82) is 0 Å². The average molecular weight is 427 g/mol. The van der Waals surface area contributed by atoms with E-state index < -0.39 is 0 Å². The minimum Gasteiger partial charge on any atom is -0.507 e. The first-order valence-corrected chi connectivity index (χ1v) is 11.3. The Morgan fingerprint density at radius 2 is 1.90 bits per heavy atom. The summed E-state index contributed by atoms with van der Waals surface area (Å²) in [5.74, 6) is 1.80. The second-order valence-electron chi connectivity index (χ2n) is 7.97. The lowest BCUT2D eigenvalue weighted by Crippen LogP contribution is -2.19. The summed E-state index contributed by atoms with van der Waals surface area (Å²) in [6.45, 7) is 7.02. The number of unbranched alkanes of at least 4 members (excludes halogenated alkanes) is 2. The fourth-order valence-electron chi connectivity index (χ4n) is 3.29. The van der Waals surface area contributed by atoms with Crippen molar-refractivity contribution in [1.82, 2.24) is 20.6 Å². The molecule has 0 fully saturated rings. The molecule has 0 saturated carbocycles. The van der Waals surface area contributed by atoms with Gasteiger partial charge in [0.25, 0.3) is 0 Å². The molecule has 0 atom stereocenters. The molecule has 1 heterocycles. The van der Waals surface area contributed by atoms with E-state index in [2.05, 4.69) is 41.4 Å². The summed E-state index contributed by atoms with van der Waals surface area (Å²) in [4.78, 5) is 1.96. The Bertz CT molecular complexity index is 914. The number of aromatic nitrogens is 4. The van der Waals surface area contributed by atoms with Gasteiger partial charge in [-0.05, 0) is 43.0 Å². The maximum atomic E-state index is 10.5. The van der Waals surface area contributed by atoms with Gasteiger partial charge in [0, 0.05) is 16.4 Å². The maximum absolute atomic E-state index is 10.5. The molecule has 0 radical (unpaired) electrons. The van der Waals surface area contributed by atoms with Crippen LogP contribution in [0, 0.1) is 0 Å². The van der Waals surface area contributed by atoms with Crippen LogP contribution in [0.2, 0.25) is 0 Å². The minimum absolute atomic E-state index is 0.0821. The van der Waals surface area contributed by atoms with E-state index >= 15 is 0 Å². The van der Waals surface area contributed by atoms with E-state index in [0.717, 1.165) is 59.0 Å². The number of aromatic amines is 1. The van der Waals surface area contributed by atoms with E-state index in [1.54, 1.807) is 17.8 Å². The molecule has 30 heavy (non-hydrogen) atoms. The molecule has 2 aromatic carbocycles. The lowest BCUT2D eigenvalue weighted by Gasteiger charge is -2.20. The fraction of sp³-hybridized carbons (Fsp3) is 0.435. The van der Waals surface area contributed by atoms with Crippen molar-refractivity contribution in [3.8, 4) is 11.5 Å². The molecule has 0 amide bonds. The molecule has 1 aromatic heterocycles. The number of ether oxygens (including phenoxy) is 1. The Balaban J connectivity index is 1.48. The van der Waals surface area contributed by atoms with Crippen LogP contribution in [0.15, 0.2) is 52.3 Å². The van der Waals surface area contributed by atoms with E-state index in [1.807, 2.05) is 36.4 Å². The molecule has 0 aliphatic rings. The highest BCUT2D eigenvalue weighted by molar-refractivity contribution is 7.99. The summed E-state index contributed by atoms with van der Waals surface area (Å²) in [5.41, 5.74) is 1.03. The van der Waals surface area contributed by atoms with Gasteiger partial charge in [0.1, 0.15) is 11.5 Å². The number of hydrogen-bond acceptors (Lipinski definition) is 6. The van der Waals surface area contributed by atoms with Crippen molar-refractivity contribution < 1.29 is 9.84 Å². The summed E-state index contributed by atoms with van der Waals surface area (Å²) in [7, 11) is 0. The number of aryl methyl sites for hydroxylation is 1. The van der Waals surface area contributed by atoms with E-state index in [-0.39, 0.29) is 11.2 Å². The number of phenolic OH excluding ortho intramolecular Hbond substituents is 1. The van der Waals surface area contributed by atoms with Crippen molar-refractivity contribution in [2.24, 2.45) is 0 Å². The summed E-state index contributed by atoms with van der Waals surface area (Å²) < 4.78 is 6.01. The number of hydrogen-bond donors (Lipinski definition) is 2. The van der Waals surface area contributed by atoms with Crippen LogP contribution in [0.1, 0.15) is 57.8 Å². The Kier molecular flexibility index (Phi) is 7.74. The second kappa shape index (κ2) is 10.5. The van der Waals surface area contributed by atoms with Crippen LogP contribution in [-0.2, 0) is 11.8 Å². The molecular formula is C23H30N4O2S. The lowest BCUT2D eigenvalue weighted by molar-refractivity contribution is 0.296. The summed E-state index contributed by atoms with van der Waals surface area (Å²) in [6.07, 6.45) is 4.96. The molecule has 0 aliphatic heterocycles. The van der Waals surface area contributed by atoms with Crippen LogP contribution in [0.25, 0.3) is 0 Å². The van der Waals surface area contributed by atoms with E-state index in [9.17, 15) is 5.11 Å². The van der Waals surface area contributed by atoms with E-state index in [4.69, 9.17) is 4.74 Å². The molecule has 7 heteroatoms. The first-order valence-electron chi connectivity index (χ1n) is 10.4. The van der Waals surface area contributed by atoms with Gasteiger partial charge in [0.15, 0.2) is 5.82 Å². The number of H-pyrrole nitrogens is 1. The third-order valence-electron chi connectivity index (χ3n) is 5.15. The molecule has 3 rings (SSSR count). The highest BCUT2D eigenvalue weighted by atomic mass is 32.2. The largest absolute Gasteiger partial charge is 0.507 e. The lowest BCUT2D eigenvalue weighted by atomic mass is 9.86. The standard InChI is InChI=1S/C23H30N4O2S/c1-4-17-15-21(30-18-11-7-5-8-12-18)19(28)16-20(17)29-14-10-6-9-13-23(2,3)22-24-26-27-25-22/h5,7-8,11-12,15-16,28H,4,6,9-10,13-14H2,1-3H3,(H,24,25,26,27). The van der Waals surface area contributed by atoms with E-state index in [0.29, 0.717) is 6.61 Å².